The van der Waals surface area contributed by atoms with E-state index in [1.54, 1.807) is 18.2 Å². The largest absolute Gasteiger partial charge is 0.493 e. The second-order valence-corrected chi connectivity index (χ2v) is 6.37. The normalized spacial score (nSPS) is 9.97. The molecule has 162 valence electrons. The summed E-state index contributed by atoms with van der Waals surface area (Å²) in [4.78, 5) is 44.8. The van der Waals surface area contributed by atoms with Gasteiger partial charge in [-0.25, -0.2) is 0 Å². The molecule has 2 aromatic rings. The van der Waals surface area contributed by atoms with Crippen molar-refractivity contribution < 1.29 is 24.2 Å². The lowest BCUT2D eigenvalue weighted by atomic mass is 10.1. The molecule has 0 fully saturated rings. The molecule has 0 saturated carbocycles. The van der Waals surface area contributed by atoms with E-state index in [0.29, 0.717) is 12.4 Å². The van der Waals surface area contributed by atoms with Crippen LogP contribution in [0.15, 0.2) is 42.5 Å². The van der Waals surface area contributed by atoms with E-state index in [0.717, 1.165) is 24.6 Å². The van der Waals surface area contributed by atoms with Crippen LogP contribution in [0.5, 0.6) is 5.75 Å². The minimum absolute atomic E-state index is 0.229. The molecule has 2 amide bonds. The smallest absolute Gasteiger partial charge is 0.277 e. The van der Waals surface area contributed by atoms with E-state index in [-0.39, 0.29) is 16.2 Å². The summed E-state index contributed by atoms with van der Waals surface area (Å²) in [6, 6.07) is 8.97. The van der Waals surface area contributed by atoms with Crippen molar-refractivity contribution in [2.24, 2.45) is 0 Å². The molecule has 31 heavy (non-hydrogen) atoms. The van der Waals surface area contributed by atoms with Gasteiger partial charge in [-0.2, -0.15) is 0 Å². The van der Waals surface area contributed by atoms with Gasteiger partial charge < -0.3 is 4.74 Å². The number of nitro benzene ring substituents is 2. The van der Waals surface area contributed by atoms with Gasteiger partial charge in [0, 0.05) is 12.1 Å². The first kappa shape index (κ1) is 23.2. The summed E-state index contributed by atoms with van der Waals surface area (Å²) in [6.45, 7) is 2.34. The summed E-state index contributed by atoms with van der Waals surface area (Å²) in [5.74, 6) is -1.16. The molecule has 13 heteroatoms. The molecule has 0 aliphatic carbocycles. The third-order valence-corrected chi connectivity index (χ3v) is 3.90. The van der Waals surface area contributed by atoms with Crippen LogP contribution in [0.4, 0.5) is 11.4 Å². The number of ether oxygens (including phenoxy) is 1. The number of non-ortho nitro benzene ring substituents is 2. The highest BCUT2D eigenvalue weighted by Gasteiger charge is 2.20. The lowest BCUT2D eigenvalue weighted by Gasteiger charge is -2.13. The molecular weight excluding hydrogens is 430 g/mol. The Morgan fingerprint density at radius 1 is 1.00 bits per heavy atom. The van der Waals surface area contributed by atoms with E-state index in [4.69, 9.17) is 17.0 Å². The fraction of sp³-hybridized carbons (Fsp3) is 0.167. The number of hydrogen-bond donors (Lipinski definition) is 3. The summed E-state index contributed by atoms with van der Waals surface area (Å²) < 4.78 is 5.50. The summed E-state index contributed by atoms with van der Waals surface area (Å²) >= 11 is 4.91. The van der Waals surface area contributed by atoms with Crippen LogP contribution < -0.4 is 20.9 Å². The topological polar surface area (TPSA) is 166 Å². The lowest BCUT2D eigenvalue weighted by molar-refractivity contribution is -0.394. The summed E-state index contributed by atoms with van der Waals surface area (Å²) in [5, 5.41) is 23.7. The highest BCUT2D eigenvalue weighted by Crippen LogP contribution is 2.22. The molecule has 0 radical (unpaired) electrons. The van der Waals surface area contributed by atoms with E-state index < -0.39 is 33.0 Å². The number of carbonyl (C=O) groups excluding carboxylic acids is 2. The van der Waals surface area contributed by atoms with Crippen molar-refractivity contribution in [1.82, 2.24) is 16.2 Å². The number of benzene rings is 2. The second-order valence-electron chi connectivity index (χ2n) is 5.96. The molecule has 3 N–H and O–H groups in total. The lowest BCUT2D eigenvalue weighted by Crippen LogP contribution is -2.48. The monoisotopic (exact) mass is 447 g/mol. The van der Waals surface area contributed by atoms with Crippen LogP contribution in [0, 0.1) is 20.2 Å². The number of hydrogen-bond acceptors (Lipinski definition) is 8. The molecule has 0 aliphatic rings. The third-order valence-electron chi connectivity index (χ3n) is 3.70. The number of hydrazine groups is 1. The first-order chi connectivity index (χ1) is 14.7. The quantitative estimate of drug-likeness (QED) is 0.328. The van der Waals surface area contributed by atoms with Gasteiger partial charge in [0.2, 0.25) is 0 Å². The Kier molecular flexibility index (Phi) is 7.91. The van der Waals surface area contributed by atoms with Crippen molar-refractivity contribution >= 4 is 40.5 Å². The number of amides is 2. The zero-order valence-electron chi connectivity index (χ0n) is 16.1. The number of nitrogens with one attached hydrogen (secondary N) is 3. The van der Waals surface area contributed by atoms with Crippen LogP contribution in [0.1, 0.15) is 34.1 Å². The van der Waals surface area contributed by atoms with Gasteiger partial charge in [-0.3, -0.25) is 46.0 Å². The Morgan fingerprint density at radius 2 is 1.61 bits per heavy atom. The Balaban J connectivity index is 2.04. The summed E-state index contributed by atoms with van der Waals surface area (Å²) in [5.41, 5.74) is 3.22. The Bertz CT molecular complexity index is 1010. The molecule has 12 nitrogen and oxygen atoms in total. The predicted octanol–water partition coefficient (Wildman–Crippen LogP) is 2.24. The first-order valence-electron chi connectivity index (χ1n) is 8.80. The maximum absolute atomic E-state index is 12.4. The number of rotatable bonds is 7. The summed E-state index contributed by atoms with van der Waals surface area (Å²) in [7, 11) is 0. The van der Waals surface area contributed by atoms with Gasteiger partial charge in [-0.05, 0) is 30.8 Å². The fourth-order valence-corrected chi connectivity index (χ4v) is 2.46. The van der Waals surface area contributed by atoms with E-state index in [1.165, 1.54) is 6.07 Å². The maximum Gasteiger partial charge on any atom is 0.277 e. The zero-order chi connectivity index (χ0) is 23.0. The molecule has 2 rings (SSSR count). The summed E-state index contributed by atoms with van der Waals surface area (Å²) in [6.07, 6.45) is 0.750. The maximum atomic E-state index is 12.4. The molecule has 0 unspecified atom stereocenters. The Labute approximate surface area is 180 Å². The molecule has 0 bridgehead atoms. The minimum Gasteiger partial charge on any atom is -0.493 e. The van der Waals surface area contributed by atoms with E-state index >= 15 is 0 Å². The molecule has 0 saturated heterocycles. The van der Waals surface area contributed by atoms with E-state index in [9.17, 15) is 29.8 Å². The molecular formula is C18H17N5O7S. The van der Waals surface area contributed by atoms with Crippen molar-refractivity contribution in [1.29, 1.82) is 0 Å². The van der Waals surface area contributed by atoms with Crippen LogP contribution in [0.25, 0.3) is 0 Å². The average Bonchev–Trinajstić information content (AvgIpc) is 2.75. The van der Waals surface area contributed by atoms with Gasteiger partial charge in [0.1, 0.15) is 5.75 Å². The SMILES string of the molecule is CCCOc1ccccc1C(=O)NNC(=S)NC(=O)c1cc([N+](=O)[O-])cc([N+](=O)[O-])c1. The zero-order valence-corrected chi connectivity index (χ0v) is 16.9. The number of nitro groups is 2. The number of para-hydroxylation sites is 1. The van der Waals surface area contributed by atoms with Gasteiger partial charge in [0.25, 0.3) is 23.2 Å². The molecule has 0 atom stereocenters. The highest BCUT2D eigenvalue weighted by molar-refractivity contribution is 7.80. The molecule has 0 heterocycles. The van der Waals surface area contributed by atoms with Crippen LogP contribution in [0.2, 0.25) is 0 Å². The third kappa shape index (κ3) is 6.43. The van der Waals surface area contributed by atoms with E-state index in [1.807, 2.05) is 6.92 Å². The standard InChI is InChI=1S/C18H17N5O7S/c1-2-7-30-15-6-4-3-5-14(15)17(25)20-21-18(31)19-16(24)11-8-12(22(26)27)10-13(9-11)23(28)29/h3-6,8-10H,2,7H2,1H3,(H,20,25)(H2,19,21,24,31). The fourth-order valence-electron chi connectivity index (χ4n) is 2.32. The van der Waals surface area contributed by atoms with Crippen LogP contribution >= 0.6 is 12.2 Å². The minimum atomic E-state index is -0.940. The van der Waals surface area contributed by atoms with Gasteiger partial charge in [-0.15, -0.1) is 0 Å². The second kappa shape index (κ2) is 10.6. The van der Waals surface area contributed by atoms with Gasteiger partial charge in [0.05, 0.1) is 33.6 Å². The highest BCUT2D eigenvalue weighted by atomic mass is 32.1. The van der Waals surface area contributed by atoms with Crippen molar-refractivity contribution in [3.05, 3.63) is 73.8 Å². The van der Waals surface area contributed by atoms with Gasteiger partial charge in [0.15, 0.2) is 5.11 Å². The van der Waals surface area contributed by atoms with Crippen LogP contribution in [0.3, 0.4) is 0 Å². The Morgan fingerprint density at radius 3 is 2.19 bits per heavy atom. The van der Waals surface area contributed by atoms with Crippen molar-refractivity contribution in [2.45, 2.75) is 13.3 Å². The van der Waals surface area contributed by atoms with Gasteiger partial charge >= 0.3 is 0 Å². The van der Waals surface area contributed by atoms with Crippen molar-refractivity contribution in [3.8, 4) is 5.75 Å². The first-order valence-corrected chi connectivity index (χ1v) is 9.21. The molecule has 0 aromatic heterocycles. The molecule has 0 spiro atoms. The Hall–Kier alpha value is -4.13. The van der Waals surface area contributed by atoms with Crippen LogP contribution in [-0.2, 0) is 0 Å². The van der Waals surface area contributed by atoms with Crippen LogP contribution in [-0.4, -0.2) is 33.4 Å². The van der Waals surface area contributed by atoms with E-state index in [2.05, 4.69) is 16.2 Å². The molecule has 2 aromatic carbocycles. The number of nitrogens with zero attached hydrogens (tertiary/aromatic N) is 2. The number of thiocarbonyl (C=S) groups is 1. The predicted molar refractivity (Wildman–Crippen MR) is 113 cm³/mol. The van der Waals surface area contributed by atoms with Gasteiger partial charge in [-0.1, -0.05) is 19.1 Å². The average molecular weight is 447 g/mol. The van der Waals surface area contributed by atoms with Crippen molar-refractivity contribution in [3.63, 3.8) is 0 Å². The molecule has 0 aliphatic heterocycles. The number of carbonyl (C=O) groups is 2. The van der Waals surface area contributed by atoms with Crippen molar-refractivity contribution in [2.75, 3.05) is 6.61 Å².